The Morgan fingerprint density at radius 2 is 2.40 bits per heavy atom. The van der Waals surface area contributed by atoms with Gasteiger partial charge in [0.1, 0.15) is 0 Å². The molecule has 0 aliphatic heterocycles. The Morgan fingerprint density at radius 3 is 2.40 bits per heavy atom. The molecule has 2 heteroatoms. The lowest BCUT2D eigenvalue weighted by Gasteiger charge is -1.84. The lowest BCUT2D eigenvalue weighted by atomic mass is 11.0. The van der Waals surface area contributed by atoms with E-state index in [-0.39, 0.29) is 0 Å². The minimum absolute atomic E-state index is 1.15. The standard InChI is InChI=1S/C3H9NS/c1-3-5-4-2/h4H,3H2,1-2H3. The van der Waals surface area contributed by atoms with Crippen molar-refractivity contribution in [3.05, 3.63) is 0 Å². The van der Waals surface area contributed by atoms with E-state index in [1.807, 2.05) is 7.05 Å². The molecular formula is C3H9NS. The van der Waals surface area contributed by atoms with Crippen LogP contribution in [0.4, 0.5) is 0 Å². The molecule has 0 radical (unpaired) electrons. The second kappa shape index (κ2) is 4.31. The smallest absolute Gasteiger partial charge is 0.00501 e. The first-order valence-electron chi connectivity index (χ1n) is 1.70. The van der Waals surface area contributed by atoms with E-state index in [1.165, 1.54) is 0 Å². The highest BCUT2D eigenvalue weighted by atomic mass is 32.2. The molecule has 0 aromatic heterocycles. The maximum Gasteiger partial charge on any atom is 0.00501 e. The van der Waals surface area contributed by atoms with Gasteiger partial charge in [0.2, 0.25) is 0 Å². The molecule has 0 aliphatic carbocycles. The zero-order chi connectivity index (χ0) is 4.12. The summed E-state index contributed by atoms with van der Waals surface area (Å²) < 4.78 is 2.93. The quantitative estimate of drug-likeness (QED) is 0.506. The number of hydrogen-bond acceptors (Lipinski definition) is 2. The van der Waals surface area contributed by atoms with E-state index < -0.39 is 0 Å². The van der Waals surface area contributed by atoms with Gasteiger partial charge in [0, 0.05) is 5.75 Å². The van der Waals surface area contributed by atoms with Crippen LogP contribution >= 0.6 is 11.9 Å². The molecule has 5 heavy (non-hydrogen) atoms. The van der Waals surface area contributed by atoms with Gasteiger partial charge in [-0.25, -0.2) is 0 Å². The largest absolute Gasteiger partial charge is 0.267 e. The van der Waals surface area contributed by atoms with Crippen LogP contribution in [0.25, 0.3) is 0 Å². The molecule has 0 fully saturated rings. The van der Waals surface area contributed by atoms with Gasteiger partial charge in [-0.05, 0) is 7.05 Å². The van der Waals surface area contributed by atoms with Crippen LogP contribution in [0.3, 0.4) is 0 Å². The third-order valence-electron chi connectivity index (χ3n) is 0.289. The Labute approximate surface area is 37.3 Å². The van der Waals surface area contributed by atoms with Crippen molar-refractivity contribution in [3.8, 4) is 0 Å². The summed E-state index contributed by atoms with van der Waals surface area (Å²) in [6, 6.07) is 0. The van der Waals surface area contributed by atoms with Crippen molar-refractivity contribution in [3.63, 3.8) is 0 Å². The van der Waals surface area contributed by atoms with Gasteiger partial charge >= 0.3 is 0 Å². The van der Waals surface area contributed by atoms with Gasteiger partial charge in [-0.1, -0.05) is 18.9 Å². The summed E-state index contributed by atoms with van der Waals surface area (Å²) in [5.74, 6) is 1.15. The molecule has 32 valence electrons. The van der Waals surface area contributed by atoms with Gasteiger partial charge in [-0.2, -0.15) is 0 Å². The molecule has 0 aromatic carbocycles. The number of nitrogens with one attached hydrogen (secondary N) is 1. The molecule has 0 saturated heterocycles. The molecule has 0 bridgehead atoms. The lowest BCUT2D eigenvalue weighted by molar-refractivity contribution is 1.28. The lowest BCUT2D eigenvalue weighted by Crippen LogP contribution is -1.89. The molecule has 0 heterocycles. The zero-order valence-electron chi connectivity index (χ0n) is 3.62. The summed E-state index contributed by atoms with van der Waals surface area (Å²) in [6.45, 7) is 2.11. The predicted octanol–water partition coefficient (Wildman–Crippen LogP) is 0.874. The van der Waals surface area contributed by atoms with Crippen molar-refractivity contribution in [1.82, 2.24) is 4.72 Å². The average Bonchev–Trinajstić information content (AvgIpc) is 1.41. The van der Waals surface area contributed by atoms with E-state index in [4.69, 9.17) is 0 Å². The number of hydrogen-bond donors (Lipinski definition) is 1. The van der Waals surface area contributed by atoms with E-state index >= 15 is 0 Å². The Kier molecular flexibility index (Phi) is 4.58. The fourth-order valence-electron chi connectivity index (χ4n) is 0.144. The van der Waals surface area contributed by atoms with Crippen LogP contribution in [0.5, 0.6) is 0 Å². The maximum atomic E-state index is 2.93. The summed E-state index contributed by atoms with van der Waals surface area (Å²) in [5, 5.41) is 0. The van der Waals surface area contributed by atoms with Crippen molar-refractivity contribution >= 4 is 11.9 Å². The van der Waals surface area contributed by atoms with Gasteiger partial charge in [-0.3, -0.25) is 4.72 Å². The molecule has 0 aromatic rings. The molecule has 0 rings (SSSR count). The predicted molar refractivity (Wildman–Crippen MR) is 27.2 cm³/mol. The molecule has 0 unspecified atom stereocenters. The zero-order valence-corrected chi connectivity index (χ0v) is 4.43. The summed E-state index contributed by atoms with van der Waals surface area (Å²) in [7, 11) is 1.92. The van der Waals surface area contributed by atoms with Crippen molar-refractivity contribution < 1.29 is 0 Å². The molecule has 1 N–H and O–H groups in total. The SMILES string of the molecule is CCSNC. The van der Waals surface area contributed by atoms with Gasteiger partial charge in [0.05, 0.1) is 0 Å². The first-order chi connectivity index (χ1) is 2.41. The van der Waals surface area contributed by atoms with Gasteiger partial charge in [0.15, 0.2) is 0 Å². The fraction of sp³-hybridized carbons (Fsp3) is 1.00. The van der Waals surface area contributed by atoms with Crippen LogP contribution in [-0.2, 0) is 0 Å². The molecular weight excluding hydrogens is 82.1 g/mol. The Bertz CT molecular complexity index is 14.4. The van der Waals surface area contributed by atoms with Crippen LogP contribution in [0.2, 0.25) is 0 Å². The monoisotopic (exact) mass is 91.0 g/mol. The Balaban J connectivity index is 2.19. The van der Waals surface area contributed by atoms with Crippen molar-refractivity contribution in [1.29, 1.82) is 0 Å². The van der Waals surface area contributed by atoms with Crippen LogP contribution in [0, 0.1) is 0 Å². The average molecular weight is 91.2 g/mol. The molecule has 0 atom stereocenters. The summed E-state index contributed by atoms with van der Waals surface area (Å²) >= 11 is 1.71. The summed E-state index contributed by atoms with van der Waals surface area (Å²) in [4.78, 5) is 0. The van der Waals surface area contributed by atoms with Crippen LogP contribution < -0.4 is 4.72 Å². The third-order valence-corrected chi connectivity index (χ3v) is 0.866. The molecule has 0 amide bonds. The highest BCUT2D eigenvalue weighted by molar-refractivity contribution is 7.97. The minimum atomic E-state index is 1.15. The normalized spacial score (nSPS) is 8.40. The molecule has 0 spiro atoms. The Morgan fingerprint density at radius 1 is 1.80 bits per heavy atom. The van der Waals surface area contributed by atoms with E-state index in [2.05, 4.69) is 11.6 Å². The second-order valence-electron chi connectivity index (χ2n) is 0.637. The summed E-state index contributed by atoms with van der Waals surface area (Å²) in [6.07, 6.45) is 0. The van der Waals surface area contributed by atoms with Crippen molar-refractivity contribution in [2.24, 2.45) is 0 Å². The minimum Gasteiger partial charge on any atom is -0.267 e. The number of rotatable bonds is 2. The molecule has 0 saturated carbocycles. The summed E-state index contributed by atoms with van der Waals surface area (Å²) in [5.41, 5.74) is 0. The first kappa shape index (κ1) is 5.31. The van der Waals surface area contributed by atoms with Crippen LogP contribution in [-0.4, -0.2) is 12.8 Å². The van der Waals surface area contributed by atoms with E-state index in [1.54, 1.807) is 11.9 Å². The van der Waals surface area contributed by atoms with Crippen molar-refractivity contribution in [2.45, 2.75) is 6.92 Å². The highest BCUT2D eigenvalue weighted by Gasteiger charge is 1.64. The van der Waals surface area contributed by atoms with Gasteiger partial charge in [0.25, 0.3) is 0 Å². The van der Waals surface area contributed by atoms with E-state index in [9.17, 15) is 0 Å². The second-order valence-corrected chi connectivity index (χ2v) is 1.91. The van der Waals surface area contributed by atoms with Gasteiger partial charge in [-0.15, -0.1) is 0 Å². The highest BCUT2D eigenvalue weighted by Crippen LogP contribution is 1.83. The fourth-order valence-corrected chi connectivity index (χ4v) is 0.433. The van der Waals surface area contributed by atoms with E-state index in [0.29, 0.717) is 0 Å². The maximum absolute atomic E-state index is 2.93. The topological polar surface area (TPSA) is 12.0 Å². The van der Waals surface area contributed by atoms with Crippen LogP contribution in [0.1, 0.15) is 6.92 Å². The van der Waals surface area contributed by atoms with E-state index in [0.717, 1.165) is 5.75 Å². The molecule has 1 nitrogen and oxygen atoms in total. The van der Waals surface area contributed by atoms with Crippen molar-refractivity contribution in [2.75, 3.05) is 12.8 Å². The third kappa shape index (κ3) is 4.31. The van der Waals surface area contributed by atoms with Crippen LogP contribution in [0.15, 0.2) is 0 Å². The van der Waals surface area contributed by atoms with Gasteiger partial charge < -0.3 is 0 Å². The molecule has 0 aliphatic rings. The first-order valence-corrected chi connectivity index (χ1v) is 2.69. The Hall–Kier alpha value is 0.310.